The fraction of sp³-hybridized carbons (Fsp3) is 0.600. The van der Waals surface area contributed by atoms with Gasteiger partial charge in [-0.05, 0) is 12.8 Å². The molecule has 0 aliphatic heterocycles. The van der Waals surface area contributed by atoms with Crippen LogP contribution in [0.2, 0.25) is 0 Å². The molecule has 0 amide bonds. The highest BCUT2D eigenvalue weighted by atomic mass is 14.7. The van der Waals surface area contributed by atoms with Crippen LogP contribution in [-0.2, 0) is 0 Å². The van der Waals surface area contributed by atoms with E-state index < -0.39 is 0 Å². The number of allylic oxidation sites excluding steroid dienone is 2. The Morgan fingerprint density at radius 1 is 1.27 bits per heavy atom. The molecular weight excluding hydrogens is 134 g/mol. The quantitative estimate of drug-likeness (QED) is 0.568. The summed E-state index contributed by atoms with van der Waals surface area (Å²) in [5.74, 6) is 0.461. The van der Waals surface area contributed by atoms with Gasteiger partial charge in [-0.1, -0.05) is 45.1 Å². The van der Waals surface area contributed by atoms with E-state index >= 15 is 0 Å². The molecule has 0 aromatic rings. The predicted molar refractivity (Wildman–Crippen MR) is 51.4 cm³/mol. The summed E-state index contributed by atoms with van der Waals surface area (Å²) in [6.07, 6.45) is 8.21. The topological polar surface area (TPSA) is 26.0 Å². The van der Waals surface area contributed by atoms with Gasteiger partial charge in [0.25, 0.3) is 0 Å². The van der Waals surface area contributed by atoms with E-state index in [2.05, 4.69) is 13.0 Å². The monoisotopic (exact) mass is 153 g/mol. The standard InChI is InChI=1S/C8H13N.C2H6/c1-7-5-3-4-6-8(7,2)9;1-2/h3-7H,9H2,1-2H3;1-2H3. The molecule has 0 aromatic heterocycles. The summed E-state index contributed by atoms with van der Waals surface area (Å²) in [4.78, 5) is 0. The molecule has 1 aliphatic carbocycles. The second kappa shape index (κ2) is 4.35. The SMILES string of the molecule is CC.CC1C=CC=CC1(C)N. The summed E-state index contributed by atoms with van der Waals surface area (Å²) in [5.41, 5.74) is 5.75. The molecule has 1 heteroatoms. The normalized spacial score (nSPS) is 34.5. The third kappa shape index (κ3) is 2.89. The van der Waals surface area contributed by atoms with Crippen molar-refractivity contribution >= 4 is 0 Å². The van der Waals surface area contributed by atoms with Crippen LogP contribution in [0.25, 0.3) is 0 Å². The molecule has 2 unspecified atom stereocenters. The lowest BCUT2D eigenvalue weighted by atomic mass is 9.85. The highest BCUT2D eigenvalue weighted by Crippen LogP contribution is 2.19. The number of nitrogens with two attached hydrogens (primary N) is 1. The summed E-state index contributed by atoms with van der Waals surface area (Å²) in [6, 6.07) is 0. The maximum Gasteiger partial charge on any atom is 0.0374 e. The summed E-state index contributed by atoms with van der Waals surface area (Å²) in [5, 5.41) is 0. The van der Waals surface area contributed by atoms with Gasteiger partial charge in [0.2, 0.25) is 0 Å². The molecule has 11 heavy (non-hydrogen) atoms. The highest BCUT2D eigenvalue weighted by molar-refractivity contribution is 5.21. The van der Waals surface area contributed by atoms with Gasteiger partial charge in [0.15, 0.2) is 0 Å². The summed E-state index contributed by atoms with van der Waals surface area (Å²) in [6.45, 7) is 8.16. The first-order valence-corrected chi connectivity index (χ1v) is 4.28. The van der Waals surface area contributed by atoms with E-state index in [0.29, 0.717) is 5.92 Å². The van der Waals surface area contributed by atoms with Crippen molar-refractivity contribution in [3.63, 3.8) is 0 Å². The Hall–Kier alpha value is -0.560. The first kappa shape index (κ1) is 10.4. The first-order valence-electron chi connectivity index (χ1n) is 4.28. The van der Waals surface area contributed by atoms with Crippen molar-refractivity contribution in [1.29, 1.82) is 0 Å². The Morgan fingerprint density at radius 2 is 1.82 bits per heavy atom. The molecule has 1 aliphatic rings. The second-order valence-corrected chi connectivity index (χ2v) is 2.90. The largest absolute Gasteiger partial charge is 0.322 e. The number of hydrogen-bond acceptors (Lipinski definition) is 1. The molecule has 1 nitrogen and oxygen atoms in total. The van der Waals surface area contributed by atoms with Crippen LogP contribution < -0.4 is 5.73 Å². The summed E-state index contributed by atoms with van der Waals surface area (Å²) in [7, 11) is 0. The summed E-state index contributed by atoms with van der Waals surface area (Å²) < 4.78 is 0. The zero-order chi connectivity index (χ0) is 8.91. The lowest BCUT2D eigenvalue weighted by molar-refractivity contribution is 0.455. The van der Waals surface area contributed by atoms with Crippen LogP contribution in [0.1, 0.15) is 27.7 Å². The van der Waals surface area contributed by atoms with Gasteiger partial charge in [-0.15, -0.1) is 0 Å². The van der Waals surface area contributed by atoms with Crippen LogP contribution in [0.4, 0.5) is 0 Å². The van der Waals surface area contributed by atoms with Gasteiger partial charge in [0.1, 0.15) is 0 Å². The van der Waals surface area contributed by atoms with E-state index in [1.807, 2.05) is 39.0 Å². The van der Waals surface area contributed by atoms with Crippen LogP contribution in [-0.4, -0.2) is 5.54 Å². The summed E-state index contributed by atoms with van der Waals surface area (Å²) >= 11 is 0. The maximum absolute atomic E-state index is 5.88. The Kier molecular flexibility index (Phi) is 4.12. The highest BCUT2D eigenvalue weighted by Gasteiger charge is 2.21. The molecule has 0 saturated carbocycles. The minimum Gasteiger partial charge on any atom is -0.322 e. The van der Waals surface area contributed by atoms with Gasteiger partial charge in [-0.2, -0.15) is 0 Å². The van der Waals surface area contributed by atoms with Crippen LogP contribution >= 0.6 is 0 Å². The van der Waals surface area contributed by atoms with Crippen molar-refractivity contribution < 1.29 is 0 Å². The van der Waals surface area contributed by atoms with Crippen molar-refractivity contribution in [2.24, 2.45) is 11.7 Å². The Morgan fingerprint density at radius 3 is 2.09 bits per heavy atom. The van der Waals surface area contributed by atoms with Crippen LogP contribution in [0.5, 0.6) is 0 Å². The molecule has 0 saturated heterocycles. The van der Waals surface area contributed by atoms with Crippen molar-refractivity contribution in [3.05, 3.63) is 24.3 Å². The zero-order valence-corrected chi connectivity index (χ0v) is 7.96. The molecule has 0 radical (unpaired) electrons. The van der Waals surface area contributed by atoms with E-state index in [1.165, 1.54) is 0 Å². The third-order valence-corrected chi connectivity index (χ3v) is 1.95. The maximum atomic E-state index is 5.88. The van der Waals surface area contributed by atoms with Crippen molar-refractivity contribution in [1.82, 2.24) is 0 Å². The van der Waals surface area contributed by atoms with Crippen molar-refractivity contribution in [3.8, 4) is 0 Å². The van der Waals surface area contributed by atoms with Gasteiger partial charge >= 0.3 is 0 Å². The lowest BCUT2D eigenvalue weighted by Gasteiger charge is -2.27. The van der Waals surface area contributed by atoms with Gasteiger partial charge < -0.3 is 5.73 Å². The van der Waals surface area contributed by atoms with E-state index in [9.17, 15) is 0 Å². The molecule has 0 bridgehead atoms. The van der Waals surface area contributed by atoms with Crippen molar-refractivity contribution in [2.45, 2.75) is 33.2 Å². The lowest BCUT2D eigenvalue weighted by Crippen LogP contribution is -2.40. The van der Waals surface area contributed by atoms with E-state index in [0.717, 1.165) is 0 Å². The van der Waals surface area contributed by atoms with Crippen molar-refractivity contribution in [2.75, 3.05) is 0 Å². The number of rotatable bonds is 0. The van der Waals surface area contributed by atoms with Gasteiger partial charge in [-0.3, -0.25) is 0 Å². The molecule has 2 atom stereocenters. The smallest absolute Gasteiger partial charge is 0.0374 e. The molecule has 0 fully saturated rings. The molecular formula is C10H19N. The zero-order valence-electron chi connectivity index (χ0n) is 7.96. The van der Waals surface area contributed by atoms with Gasteiger partial charge in [0, 0.05) is 5.54 Å². The average molecular weight is 153 g/mol. The molecule has 0 heterocycles. The van der Waals surface area contributed by atoms with Crippen LogP contribution in [0, 0.1) is 5.92 Å². The van der Waals surface area contributed by atoms with Crippen LogP contribution in [0.3, 0.4) is 0 Å². The molecule has 0 spiro atoms. The molecule has 64 valence electrons. The predicted octanol–water partition coefficient (Wildman–Crippen LogP) is 2.49. The fourth-order valence-corrected chi connectivity index (χ4v) is 0.853. The average Bonchev–Trinajstić information content (AvgIpc) is 2.00. The Bertz CT molecular complexity index is 154. The second-order valence-electron chi connectivity index (χ2n) is 2.90. The number of hydrogen-bond donors (Lipinski definition) is 1. The minimum atomic E-state index is -0.130. The molecule has 2 N–H and O–H groups in total. The Labute approximate surface area is 70.0 Å². The van der Waals surface area contributed by atoms with E-state index in [4.69, 9.17) is 5.73 Å². The minimum absolute atomic E-state index is 0.130. The van der Waals surface area contributed by atoms with Gasteiger partial charge in [0.05, 0.1) is 0 Å². The fourth-order valence-electron chi connectivity index (χ4n) is 0.853. The first-order chi connectivity index (χ1) is 5.13. The van der Waals surface area contributed by atoms with E-state index in [-0.39, 0.29) is 5.54 Å². The Balaban J connectivity index is 0.000000461. The van der Waals surface area contributed by atoms with Gasteiger partial charge in [-0.25, -0.2) is 0 Å². The van der Waals surface area contributed by atoms with Crippen LogP contribution in [0.15, 0.2) is 24.3 Å². The van der Waals surface area contributed by atoms with E-state index in [1.54, 1.807) is 0 Å². The molecule has 0 aromatic carbocycles. The molecule has 1 rings (SSSR count). The third-order valence-electron chi connectivity index (χ3n) is 1.95.